The van der Waals surface area contributed by atoms with Crippen LogP contribution in [-0.2, 0) is 10.0 Å². The number of sulfonamides is 1. The van der Waals surface area contributed by atoms with Crippen molar-refractivity contribution < 1.29 is 17.9 Å². The first kappa shape index (κ1) is 15.7. The molecule has 0 atom stereocenters. The number of nitrogen functional groups attached to an aromatic ring is 1. The average molecular weight is 367 g/mol. The molecule has 0 aliphatic carbocycles. The Balaban J connectivity index is 2.28. The number of hydrogen-bond acceptors (Lipinski definition) is 4. The molecule has 2 rings (SSSR count). The van der Waals surface area contributed by atoms with E-state index in [4.69, 9.17) is 5.73 Å². The van der Waals surface area contributed by atoms with Crippen LogP contribution in [0.4, 0.5) is 10.1 Å². The van der Waals surface area contributed by atoms with Crippen LogP contribution in [0.25, 0.3) is 0 Å². The van der Waals surface area contributed by atoms with Gasteiger partial charge in [-0.05, 0) is 34.5 Å². The van der Waals surface area contributed by atoms with Crippen LogP contribution in [0.1, 0.15) is 19.8 Å². The van der Waals surface area contributed by atoms with Crippen LogP contribution in [0.3, 0.4) is 0 Å². The maximum absolute atomic E-state index is 13.8. The first-order valence-corrected chi connectivity index (χ1v) is 8.40. The lowest BCUT2D eigenvalue weighted by Crippen LogP contribution is -2.63. The van der Waals surface area contributed by atoms with Crippen LogP contribution < -0.4 is 5.73 Å². The van der Waals surface area contributed by atoms with Crippen molar-refractivity contribution in [3.63, 3.8) is 0 Å². The van der Waals surface area contributed by atoms with Crippen LogP contribution >= 0.6 is 15.9 Å². The van der Waals surface area contributed by atoms with Gasteiger partial charge in [0.2, 0.25) is 10.0 Å². The third-order valence-electron chi connectivity index (χ3n) is 3.33. The van der Waals surface area contributed by atoms with Crippen molar-refractivity contribution in [1.82, 2.24) is 4.31 Å². The van der Waals surface area contributed by atoms with Gasteiger partial charge in [-0.1, -0.05) is 13.3 Å². The second kappa shape index (κ2) is 5.25. The quantitative estimate of drug-likeness (QED) is 0.794. The molecule has 0 amide bonds. The van der Waals surface area contributed by atoms with E-state index in [2.05, 4.69) is 15.9 Å². The molecule has 1 heterocycles. The van der Waals surface area contributed by atoms with Gasteiger partial charge in [-0.25, -0.2) is 12.8 Å². The summed E-state index contributed by atoms with van der Waals surface area (Å²) in [5, 5.41) is 10.0. The van der Waals surface area contributed by atoms with E-state index in [1.54, 1.807) is 0 Å². The third-order valence-corrected chi connectivity index (χ3v) is 5.82. The van der Waals surface area contributed by atoms with Gasteiger partial charge in [-0.15, -0.1) is 0 Å². The predicted octanol–water partition coefficient (Wildman–Crippen LogP) is 1.71. The monoisotopic (exact) mass is 366 g/mol. The van der Waals surface area contributed by atoms with Crippen molar-refractivity contribution >= 4 is 31.6 Å². The van der Waals surface area contributed by atoms with Gasteiger partial charge < -0.3 is 10.8 Å². The molecule has 112 valence electrons. The highest BCUT2D eigenvalue weighted by atomic mass is 79.9. The van der Waals surface area contributed by atoms with Gasteiger partial charge in [-0.3, -0.25) is 0 Å². The Hall–Kier alpha value is -0.700. The number of rotatable bonds is 4. The molecule has 20 heavy (non-hydrogen) atoms. The second-order valence-electron chi connectivity index (χ2n) is 5.05. The zero-order valence-corrected chi connectivity index (χ0v) is 13.3. The van der Waals surface area contributed by atoms with E-state index < -0.39 is 26.3 Å². The summed E-state index contributed by atoms with van der Waals surface area (Å²) >= 11 is 3.04. The third kappa shape index (κ3) is 2.69. The molecule has 1 aromatic rings. The van der Waals surface area contributed by atoms with Gasteiger partial charge in [0.05, 0.1) is 5.60 Å². The van der Waals surface area contributed by atoms with E-state index in [0.717, 1.165) is 22.9 Å². The summed E-state index contributed by atoms with van der Waals surface area (Å²) in [4.78, 5) is -0.461. The molecule has 3 N–H and O–H groups in total. The lowest BCUT2D eigenvalue weighted by atomic mass is 9.92. The lowest BCUT2D eigenvalue weighted by molar-refractivity contribution is -0.0653. The van der Waals surface area contributed by atoms with Gasteiger partial charge in [0.15, 0.2) is 0 Å². The Labute approximate surface area is 125 Å². The lowest BCUT2D eigenvalue weighted by Gasteiger charge is -2.45. The van der Waals surface area contributed by atoms with Gasteiger partial charge in [-0.2, -0.15) is 4.31 Å². The van der Waals surface area contributed by atoms with Gasteiger partial charge in [0.1, 0.15) is 10.7 Å². The average Bonchev–Trinajstić information content (AvgIpc) is 2.30. The van der Waals surface area contributed by atoms with Crippen LogP contribution in [0.5, 0.6) is 0 Å². The molecule has 1 fully saturated rings. The summed E-state index contributed by atoms with van der Waals surface area (Å²) in [6.45, 7) is 1.88. The highest BCUT2D eigenvalue weighted by molar-refractivity contribution is 9.10. The number of nitrogens with zero attached hydrogens (tertiary/aromatic N) is 1. The zero-order chi connectivity index (χ0) is 15.1. The van der Waals surface area contributed by atoms with Crippen molar-refractivity contribution in [3.8, 4) is 0 Å². The SMILES string of the molecule is CCCC1(O)CN(S(=O)(=O)c2cc(N)c(Br)cc2F)C1. The molecule has 1 saturated heterocycles. The van der Waals surface area contributed by atoms with Crippen LogP contribution in [0.15, 0.2) is 21.5 Å². The molecule has 1 aromatic carbocycles. The Morgan fingerprint density at radius 1 is 1.50 bits per heavy atom. The maximum Gasteiger partial charge on any atom is 0.246 e. The van der Waals surface area contributed by atoms with Crippen LogP contribution in [-0.4, -0.2) is 36.5 Å². The molecule has 0 saturated carbocycles. The second-order valence-corrected chi connectivity index (χ2v) is 7.81. The van der Waals surface area contributed by atoms with E-state index in [1.807, 2.05) is 6.92 Å². The standard InChI is InChI=1S/C12H16BrFN2O3S/c1-2-3-12(17)6-16(7-12)20(18,19)11-5-10(15)8(13)4-9(11)14/h4-5,17H,2-3,6-7,15H2,1H3. The number of anilines is 1. The number of benzene rings is 1. The summed E-state index contributed by atoms with van der Waals surface area (Å²) in [6.07, 6.45) is 1.27. The van der Waals surface area contributed by atoms with Gasteiger partial charge in [0.25, 0.3) is 0 Å². The fraction of sp³-hybridized carbons (Fsp3) is 0.500. The summed E-state index contributed by atoms with van der Waals surface area (Å²) in [6, 6.07) is 2.12. The van der Waals surface area contributed by atoms with Crippen molar-refractivity contribution in [3.05, 3.63) is 22.4 Å². The summed E-state index contributed by atoms with van der Waals surface area (Å²) in [5.41, 5.74) is 4.75. The summed E-state index contributed by atoms with van der Waals surface area (Å²) in [5.74, 6) is -0.864. The largest absolute Gasteiger partial charge is 0.398 e. The molecule has 1 aliphatic rings. The Bertz CT molecular complexity index is 630. The smallest absolute Gasteiger partial charge is 0.246 e. The Morgan fingerprint density at radius 3 is 2.65 bits per heavy atom. The predicted molar refractivity (Wildman–Crippen MR) is 77.1 cm³/mol. The Morgan fingerprint density at radius 2 is 2.10 bits per heavy atom. The molecule has 0 radical (unpaired) electrons. The van der Waals surface area contributed by atoms with E-state index >= 15 is 0 Å². The molecule has 0 spiro atoms. The van der Waals surface area contributed by atoms with Gasteiger partial charge >= 0.3 is 0 Å². The number of aliphatic hydroxyl groups is 1. The first-order chi connectivity index (χ1) is 9.19. The molecule has 0 unspecified atom stereocenters. The van der Waals surface area contributed by atoms with E-state index in [1.165, 1.54) is 0 Å². The van der Waals surface area contributed by atoms with Gasteiger partial charge in [0, 0.05) is 23.2 Å². The van der Waals surface area contributed by atoms with Crippen molar-refractivity contribution in [1.29, 1.82) is 0 Å². The van der Waals surface area contributed by atoms with E-state index in [0.29, 0.717) is 10.9 Å². The first-order valence-electron chi connectivity index (χ1n) is 6.17. The highest BCUT2D eigenvalue weighted by Crippen LogP contribution is 2.34. The molecular weight excluding hydrogens is 351 g/mol. The molecule has 8 heteroatoms. The molecule has 1 aliphatic heterocycles. The minimum Gasteiger partial charge on any atom is -0.398 e. The van der Waals surface area contributed by atoms with Crippen molar-refractivity contribution in [2.24, 2.45) is 0 Å². The minimum absolute atomic E-state index is 0.0153. The van der Waals surface area contributed by atoms with Crippen molar-refractivity contribution in [2.75, 3.05) is 18.8 Å². The minimum atomic E-state index is -3.96. The fourth-order valence-corrected chi connectivity index (χ4v) is 4.28. The highest BCUT2D eigenvalue weighted by Gasteiger charge is 2.47. The summed E-state index contributed by atoms with van der Waals surface area (Å²) < 4.78 is 39.8. The fourth-order valence-electron chi connectivity index (χ4n) is 2.29. The number of hydrogen-bond donors (Lipinski definition) is 2. The number of halogens is 2. The number of β-amino-alcohol motifs (C(OH)–C–C–N with tert-alkyl or cyclic N) is 1. The molecule has 5 nitrogen and oxygen atoms in total. The number of nitrogens with two attached hydrogens (primary N) is 1. The van der Waals surface area contributed by atoms with Crippen LogP contribution in [0.2, 0.25) is 0 Å². The van der Waals surface area contributed by atoms with E-state index in [-0.39, 0.29) is 18.8 Å². The van der Waals surface area contributed by atoms with E-state index in [9.17, 15) is 17.9 Å². The zero-order valence-electron chi connectivity index (χ0n) is 10.9. The van der Waals surface area contributed by atoms with Crippen molar-refractivity contribution in [2.45, 2.75) is 30.3 Å². The normalized spacial score (nSPS) is 18.8. The molecular formula is C12H16BrFN2O3S. The topological polar surface area (TPSA) is 83.6 Å². The summed E-state index contributed by atoms with van der Waals surface area (Å²) in [7, 11) is -3.96. The maximum atomic E-state index is 13.8. The van der Waals surface area contributed by atoms with Crippen LogP contribution in [0, 0.1) is 5.82 Å². The Kier molecular flexibility index (Phi) is 4.12. The molecule has 0 aromatic heterocycles. The molecule has 0 bridgehead atoms.